The molecule has 1 aromatic rings. The van der Waals surface area contributed by atoms with E-state index in [0.717, 1.165) is 25.7 Å². The second-order valence-electron chi connectivity index (χ2n) is 10.1. The molecular weight excluding hydrogens is 462 g/mol. The monoisotopic (exact) mass is 497 g/mol. The molecule has 1 saturated carbocycles. The van der Waals surface area contributed by atoms with Crippen LogP contribution < -0.4 is 15.4 Å². The summed E-state index contributed by atoms with van der Waals surface area (Å²) in [5.41, 5.74) is -0.536. The van der Waals surface area contributed by atoms with E-state index in [4.69, 9.17) is 14.2 Å². The number of methoxy groups -OCH3 is 2. The lowest BCUT2D eigenvalue weighted by Crippen LogP contribution is -2.56. The van der Waals surface area contributed by atoms with Crippen LogP contribution in [-0.2, 0) is 23.9 Å². The molecule has 9 heteroatoms. The van der Waals surface area contributed by atoms with E-state index in [1.54, 1.807) is 43.4 Å². The first-order chi connectivity index (χ1) is 17.5. The molecule has 5 atom stereocenters. The molecule has 36 heavy (non-hydrogen) atoms. The molecule has 4 aliphatic rings. The van der Waals surface area contributed by atoms with Crippen molar-refractivity contribution in [1.82, 2.24) is 10.2 Å². The van der Waals surface area contributed by atoms with E-state index in [1.807, 2.05) is 12.2 Å². The zero-order valence-electron chi connectivity index (χ0n) is 20.9. The van der Waals surface area contributed by atoms with Gasteiger partial charge in [-0.05, 0) is 43.5 Å². The normalized spacial score (nSPS) is 30.9. The maximum absolute atomic E-state index is 13.8. The summed E-state index contributed by atoms with van der Waals surface area (Å²) in [6, 6.07) is 6.33. The number of benzene rings is 1. The van der Waals surface area contributed by atoms with E-state index in [0.29, 0.717) is 31.0 Å². The van der Waals surface area contributed by atoms with Gasteiger partial charge in [0.25, 0.3) is 0 Å². The first-order valence-electron chi connectivity index (χ1n) is 12.9. The fraction of sp³-hybridized carbons (Fsp3) is 0.593. The van der Waals surface area contributed by atoms with Crippen molar-refractivity contribution in [3.8, 4) is 5.75 Å². The van der Waals surface area contributed by atoms with E-state index in [1.165, 1.54) is 6.42 Å². The van der Waals surface area contributed by atoms with Crippen molar-refractivity contribution in [2.24, 2.45) is 11.8 Å². The van der Waals surface area contributed by atoms with Crippen LogP contribution in [0.2, 0.25) is 0 Å². The van der Waals surface area contributed by atoms with Gasteiger partial charge in [0, 0.05) is 32.0 Å². The Bertz CT molecular complexity index is 1020. The van der Waals surface area contributed by atoms with E-state index >= 15 is 0 Å². The second kappa shape index (κ2) is 10.2. The van der Waals surface area contributed by atoms with E-state index in [-0.39, 0.29) is 23.8 Å². The van der Waals surface area contributed by atoms with Crippen LogP contribution in [0.15, 0.2) is 36.4 Å². The van der Waals surface area contributed by atoms with Gasteiger partial charge in [-0.1, -0.05) is 31.4 Å². The van der Waals surface area contributed by atoms with Crippen LogP contribution >= 0.6 is 0 Å². The molecule has 3 aliphatic heterocycles. The molecule has 2 saturated heterocycles. The molecule has 3 unspecified atom stereocenters. The Morgan fingerprint density at radius 1 is 1.11 bits per heavy atom. The summed E-state index contributed by atoms with van der Waals surface area (Å²) in [4.78, 5) is 42.6. The van der Waals surface area contributed by atoms with Crippen molar-refractivity contribution in [2.45, 2.75) is 62.3 Å². The van der Waals surface area contributed by atoms with Crippen LogP contribution in [0.4, 0.5) is 5.69 Å². The van der Waals surface area contributed by atoms with Gasteiger partial charge in [-0.3, -0.25) is 14.4 Å². The Labute approximate surface area is 211 Å². The van der Waals surface area contributed by atoms with Gasteiger partial charge in [0.05, 0.1) is 25.0 Å². The molecule has 1 aromatic carbocycles. The highest BCUT2D eigenvalue weighted by Crippen LogP contribution is 2.55. The Morgan fingerprint density at radius 3 is 2.56 bits per heavy atom. The minimum atomic E-state index is -1.14. The summed E-state index contributed by atoms with van der Waals surface area (Å²) in [6.07, 6.45) is 8.97. The summed E-state index contributed by atoms with van der Waals surface area (Å²) in [5.74, 6) is -1.49. The van der Waals surface area contributed by atoms with Crippen molar-refractivity contribution in [2.75, 3.05) is 32.7 Å². The quantitative estimate of drug-likeness (QED) is 0.401. The number of amides is 3. The molecule has 3 heterocycles. The first-order valence-corrected chi connectivity index (χ1v) is 12.9. The molecular formula is C27H35N3O6. The maximum atomic E-state index is 13.8. The Balaban J connectivity index is 1.40. The molecule has 0 aromatic heterocycles. The molecule has 5 rings (SSSR count). The average Bonchev–Trinajstić information content (AvgIpc) is 3.53. The smallest absolute Gasteiger partial charge is 0.246 e. The predicted octanol–water partition coefficient (Wildman–Crippen LogP) is 2.27. The standard InChI is InChI=1S/C27H35N3O6/c1-34-16-6-15-30-23(25(32)29-17-7-4-3-5-8-17)27-14-13-20(36-27)21(22(27)26(30)33)24(31)28-18-9-11-19(35-2)12-10-18/h9-14,17,20-23H,3-8,15-16H2,1-2H3,(H,28,31)(H,29,32)/t20-,21?,22-,23?,27?/m1/s1. The Hall–Kier alpha value is -2.91. The van der Waals surface area contributed by atoms with Gasteiger partial charge in [0.15, 0.2) is 0 Å². The minimum absolute atomic E-state index is 0.106. The highest BCUT2D eigenvalue weighted by molar-refractivity contribution is 6.02. The summed E-state index contributed by atoms with van der Waals surface area (Å²) in [5, 5.41) is 6.12. The van der Waals surface area contributed by atoms with Crippen LogP contribution in [0.3, 0.4) is 0 Å². The molecule has 9 nitrogen and oxygen atoms in total. The van der Waals surface area contributed by atoms with Crippen LogP contribution in [0.25, 0.3) is 0 Å². The van der Waals surface area contributed by atoms with Crippen molar-refractivity contribution >= 4 is 23.4 Å². The lowest BCUT2D eigenvalue weighted by Gasteiger charge is -2.34. The molecule has 1 spiro atoms. The van der Waals surface area contributed by atoms with Gasteiger partial charge in [-0.2, -0.15) is 0 Å². The summed E-state index contributed by atoms with van der Waals surface area (Å²) in [6.45, 7) is 0.835. The molecule has 1 aliphatic carbocycles. The highest BCUT2D eigenvalue weighted by Gasteiger charge is 2.72. The van der Waals surface area contributed by atoms with Gasteiger partial charge in [0.2, 0.25) is 17.7 Å². The maximum Gasteiger partial charge on any atom is 0.246 e. The molecule has 0 radical (unpaired) electrons. The number of hydrogen-bond donors (Lipinski definition) is 2. The zero-order chi connectivity index (χ0) is 25.3. The lowest BCUT2D eigenvalue weighted by atomic mass is 9.74. The van der Waals surface area contributed by atoms with Gasteiger partial charge in [-0.15, -0.1) is 0 Å². The largest absolute Gasteiger partial charge is 0.497 e. The Kier molecular flexibility index (Phi) is 7.03. The third kappa shape index (κ3) is 4.28. The summed E-state index contributed by atoms with van der Waals surface area (Å²) in [7, 11) is 3.19. The van der Waals surface area contributed by atoms with Crippen molar-refractivity contribution < 1.29 is 28.6 Å². The second-order valence-corrected chi connectivity index (χ2v) is 10.1. The number of nitrogens with zero attached hydrogens (tertiary/aromatic N) is 1. The number of carbonyl (C=O) groups excluding carboxylic acids is 3. The highest BCUT2D eigenvalue weighted by atomic mass is 16.5. The summed E-state index contributed by atoms with van der Waals surface area (Å²) >= 11 is 0. The van der Waals surface area contributed by atoms with Crippen LogP contribution in [-0.4, -0.2) is 73.8 Å². The van der Waals surface area contributed by atoms with E-state index in [2.05, 4.69) is 10.6 Å². The van der Waals surface area contributed by atoms with E-state index in [9.17, 15) is 14.4 Å². The molecule has 194 valence electrons. The van der Waals surface area contributed by atoms with Crippen LogP contribution in [0, 0.1) is 11.8 Å². The average molecular weight is 498 g/mol. The number of hydrogen-bond acceptors (Lipinski definition) is 6. The molecule has 2 bridgehead atoms. The fourth-order valence-electron chi connectivity index (χ4n) is 6.31. The number of ether oxygens (including phenoxy) is 3. The first kappa shape index (κ1) is 24.8. The van der Waals surface area contributed by atoms with Gasteiger partial charge < -0.3 is 29.7 Å². The lowest BCUT2D eigenvalue weighted by molar-refractivity contribution is -0.141. The van der Waals surface area contributed by atoms with Gasteiger partial charge in [0.1, 0.15) is 17.4 Å². The van der Waals surface area contributed by atoms with Crippen LogP contribution in [0.5, 0.6) is 5.75 Å². The van der Waals surface area contributed by atoms with Crippen molar-refractivity contribution in [3.05, 3.63) is 36.4 Å². The Morgan fingerprint density at radius 2 is 1.86 bits per heavy atom. The van der Waals surface area contributed by atoms with Crippen LogP contribution in [0.1, 0.15) is 38.5 Å². The number of nitrogens with one attached hydrogen (secondary N) is 2. The SMILES string of the molecule is COCCCN1C(=O)[C@H]2C(C(=O)Nc3ccc(OC)cc3)[C@H]3C=CC2(O3)C1C(=O)NC1CCCCC1. The van der Waals surface area contributed by atoms with Gasteiger partial charge >= 0.3 is 0 Å². The fourth-order valence-corrected chi connectivity index (χ4v) is 6.31. The number of rotatable bonds is 9. The zero-order valence-corrected chi connectivity index (χ0v) is 20.9. The number of likely N-dealkylation sites (tertiary alicyclic amines) is 1. The number of fused-ring (bicyclic) bond motifs is 1. The summed E-state index contributed by atoms with van der Waals surface area (Å²) < 4.78 is 16.8. The molecule has 3 amide bonds. The minimum Gasteiger partial charge on any atom is -0.497 e. The topological polar surface area (TPSA) is 106 Å². The third-order valence-electron chi connectivity index (χ3n) is 7.98. The number of carbonyl (C=O) groups is 3. The molecule has 3 fully saturated rings. The number of anilines is 1. The van der Waals surface area contributed by atoms with Crippen molar-refractivity contribution in [1.29, 1.82) is 0 Å². The molecule has 2 N–H and O–H groups in total. The van der Waals surface area contributed by atoms with Crippen molar-refractivity contribution in [3.63, 3.8) is 0 Å². The predicted molar refractivity (Wildman–Crippen MR) is 132 cm³/mol. The van der Waals surface area contributed by atoms with E-state index < -0.39 is 29.6 Å². The third-order valence-corrected chi connectivity index (χ3v) is 7.98. The van der Waals surface area contributed by atoms with Gasteiger partial charge in [-0.25, -0.2) is 0 Å².